The van der Waals surface area contributed by atoms with Gasteiger partial charge in [-0.05, 0) is 12.1 Å². The standard InChI is InChI=1S/C16H19NO6/c1-21-6-5-13(16(19)20)17-15(18)7-10-9-23-14-8-11(22-2)3-4-12(10)14/h3-4,8-9,13H,5-7H2,1-2H3,(H,17,18)(H,19,20). The smallest absolute Gasteiger partial charge is 0.326 e. The summed E-state index contributed by atoms with van der Waals surface area (Å²) in [6.45, 7) is 0.256. The molecule has 0 saturated heterocycles. The maximum atomic E-state index is 12.1. The highest BCUT2D eigenvalue weighted by atomic mass is 16.5. The molecule has 2 rings (SSSR count). The SMILES string of the molecule is COCCC(NC(=O)Cc1coc2cc(OC)ccc12)C(=O)O. The van der Waals surface area contributed by atoms with E-state index in [1.807, 2.05) is 0 Å². The largest absolute Gasteiger partial charge is 0.497 e. The van der Waals surface area contributed by atoms with Crippen LogP contribution in [-0.4, -0.2) is 43.9 Å². The molecule has 7 heteroatoms. The van der Waals surface area contributed by atoms with Gasteiger partial charge in [-0.2, -0.15) is 0 Å². The predicted molar refractivity (Wildman–Crippen MR) is 82.5 cm³/mol. The number of ether oxygens (including phenoxy) is 2. The van der Waals surface area contributed by atoms with E-state index in [0.29, 0.717) is 16.9 Å². The Kier molecular flexibility index (Phi) is 5.59. The molecule has 1 heterocycles. The molecule has 0 radical (unpaired) electrons. The molecule has 1 aromatic heterocycles. The molecule has 1 aromatic carbocycles. The number of furan rings is 1. The summed E-state index contributed by atoms with van der Waals surface area (Å²) in [5.74, 6) is -0.808. The Morgan fingerprint density at radius 1 is 1.35 bits per heavy atom. The number of aliphatic carboxylic acids is 1. The lowest BCUT2D eigenvalue weighted by Crippen LogP contribution is -2.42. The number of hydrogen-bond donors (Lipinski definition) is 2. The third-order valence-corrected chi connectivity index (χ3v) is 3.46. The van der Waals surface area contributed by atoms with Crippen molar-refractivity contribution >= 4 is 22.8 Å². The molecule has 0 saturated carbocycles. The minimum Gasteiger partial charge on any atom is -0.497 e. The van der Waals surface area contributed by atoms with E-state index in [1.165, 1.54) is 13.4 Å². The van der Waals surface area contributed by atoms with Crippen LogP contribution in [0.3, 0.4) is 0 Å². The zero-order valence-electron chi connectivity index (χ0n) is 13.0. The summed E-state index contributed by atoms with van der Waals surface area (Å²) < 4.78 is 15.4. The van der Waals surface area contributed by atoms with Gasteiger partial charge in [0.25, 0.3) is 0 Å². The fraction of sp³-hybridized carbons (Fsp3) is 0.375. The van der Waals surface area contributed by atoms with Crippen LogP contribution in [0.4, 0.5) is 0 Å². The fourth-order valence-corrected chi connectivity index (χ4v) is 2.24. The summed E-state index contributed by atoms with van der Waals surface area (Å²) in [7, 11) is 3.04. The van der Waals surface area contributed by atoms with Gasteiger partial charge < -0.3 is 24.3 Å². The Hall–Kier alpha value is -2.54. The molecular formula is C16H19NO6. The third-order valence-electron chi connectivity index (χ3n) is 3.46. The molecule has 0 aliphatic heterocycles. The molecule has 2 aromatic rings. The quantitative estimate of drug-likeness (QED) is 0.766. The Morgan fingerprint density at radius 2 is 2.13 bits per heavy atom. The molecule has 2 N–H and O–H groups in total. The van der Waals surface area contributed by atoms with Gasteiger partial charge in [0.05, 0.1) is 19.8 Å². The number of amides is 1. The average molecular weight is 321 g/mol. The lowest BCUT2D eigenvalue weighted by Gasteiger charge is -2.13. The molecule has 124 valence electrons. The number of hydrogen-bond acceptors (Lipinski definition) is 5. The Bertz CT molecular complexity index is 693. The highest BCUT2D eigenvalue weighted by molar-refractivity contribution is 5.90. The first-order chi connectivity index (χ1) is 11.0. The normalized spacial score (nSPS) is 12.1. The van der Waals surface area contributed by atoms with Crippen LogP contribution in [0.2, 0.25) is 0 Å². The second kappa shape index (κ2) is 7.64. The number of carbonyl (C=O) groups is 2. The first-order valence-electron chi connectivity index (χ1n) is 7.10. The first-order valence-corrected chi connectivity index (χ1v) is 7.10. The molecule has 0 spiro atoms. The molecule has 23 heavy (non-hydrogen) atoms. The fourth-order valence-electron chi connectivity index (χ4n) is 2.24. The molecule has 0 aliphatic rings. The van der Waals surface area contributed by atoms with Crippen molar-refractivity contribution in [3.05, 3.63) is 30.0 Å². The highest BCUT2D eigenvalue weighted by Gasteiger charge is 2.20. The molecule has 1 unspecified atom stereocenters. The van der Waals surface area contributed by atoms with E-state index in [-0.39, 0.29) is 25.4 Å². The second-order valence-corrected chi connectivity index (χ2v) is 5.04. The lowest BCUT2D eigenvalue weighted by molar-refractivity contribution is -0.142. The van der Waals surface area contributed by atoms with Crippen molar-refractivity contribution in [2.45, 2.75) is 18.9 Å². The number of rotatable bonds is 8. The van der Waals surface area contributed by atoms with E-state index in [4.69, 9.17) is 19.0 Å². The van der Waals surface area contributed by atoms with Crippen molar-refractivity contribution in [1.82, 2.24) is 5.32 Å². The molecule has 0 fully saturated rings. The van der Waals surface area contributed by atoms with E-state index in [0.717, 1.165) is 5.39 Å². The van der Waals surface area contributed by atoms with Crippen molar-refractivity contribution in [1.29, 1.82) is 0 Å². The van der Waals surface area contributed by atoms with Crippen LogP contribution in [0.25, 0.3) is 11.0 Å². The molecule has 0 aliphatic carbocycles. The van der Waals surface area contributed by atoms with Crippen LogP contribution < -0.4 is 10.1 Å². The van der Waals surface area contributed by atoms with Gasteiger partial charge in [-0.25, -0.2) is 4.79 Å². The van der Waals surface area contributed by atoms with Crippen molar-refractivity contribution in [3.63, 3.8) is 0 Å². The van der Waals surface area contributed by atoms with Crippen LogP contribution in [-0.2, 0) is 20.7 Å². The van der Waals surface area contributed by atoms with Gasteiger partial charge in [-0.1, -0.05) is 0 Å². The number of fused-ring (bicyclic) bond motifs is 1. The maximum Gasteiger partial charge on any atom is 0.326 e. The summed E-state index contributed by atoms with van der Waals surface area (Å²) >= 11 is 0. The zero-order chi connectivity index (χ0) is 16.8. The number of benzene rings is 1. The van der Waals surface area contributed by atoms with Gasteiger partial charge in [0.1, 0.15) is 17.4 Å². The number of nitrogens with one attached hydrogen (secondary N) is 1. The molecule has 0 bridgehead atoms. The van der Waals surface area contributed by atoms with Gasteiger partial charge in [0.15, 0.2) is 0 Å². The van der Waals surface area contributed by atoms with Crippen molar-refractivity contribution in [2.75, 3.05) is 20.8 Å². The van der Waals surface area contributed by atoms with Crippen LogP contribution in [0, 0.1) is 0 Å². The van der Waals surface area contributed by atoms with Crippen LogP contribution in [0.1, 0.15) is 12.0 Å². The average Bonchev–Trinajstić information content (AvgIpc) is 2.93. The summed E-state index contributed by atoms with van der Waals surface area (Å²) in [6.07, 6.45) is 1.74. The number of carboxylic acids is 1. The van der Waals surface area contributed by atoms with E-state index in [1.54, 1.807) is 25.3 Å². The van der Waals surface area contributed by atoms with Gasteiger partial charge in [-0.3, -0.25) is 4.79 Å². The molecule has 1 atom stereocenters. The monoisotopic (exact) mass is 321 g/mol. The molecular weight excluding hydrogens is 302 g/mol. The maximum absolute atomic E-state index is 12.1. The summed E-state index contributed by atoms with van der Waals surface area (Å²) in [5.41, 5.74) is 1.30. The van der Waals surface area contributed by atoms with E-state index in [2.05, 4.69) is 5.32 Å². The van der Waals surface area contributed by atoms with E-state index < -0.39 is 12.0 Å². The zero-order valence-corrected chi connectivity index (χ0v) is 13.0. The summed E-state index contributed by atoms with van der Waals surface area (Å²) in [6, 6.07) is 4.34. The topological polar surface area (TPSA) is 98.0 Å². The van der Waals surface area contributed by atoms with E-state index in [9.17, 15) is 9.59 Å². The summed E-state index contributed by atoms with van der Waals surface area (Å²) in [5, 5.41) is 12.4. The van der Waals surface area contributed by atoms with Crippen molar-refractivity contribution in [2.24, 2.45) is 0 Å². The van der Waals surface area contributed by atoms with E-state index >= 15 is 0 Å². The third kappa shape index (κ3) is 4.23. The molecule has 7 nitrogen and oxygen atoms in total. The number of carboxylic acid groups (broad SMARTS) is 1. The van der Waals surface area contributed by atoms with Gasteiger partial charge in [0, 0.05) is 37.2 Å². The number of carbonyl (C=O) groups excluding carboxylic acids is 1. The Labute approximate surface area is 133 Å². The minimum absolute atomic E-state index is 0.0378. The lowest BCUT2D eigenvalue weighted by atomic mass is 10.1. The minimum atomic E-state index is -1.09. The van der Waals surface area contributed by atoms with Crippen molar-refractivity contribution < 1.29 is 28.6 Å². The Morgan fingerprint density at radius 3 is 2.78 bits per heavy atom. The van der Waals surface area contributed by atoms with Gasteiger partial charge >= 0.3 is 5.97 Å². The van der Waals surface area contributed by atoms with Crippen LogP contribution >= 0.6 is 0 Å². The van der Waals surface area contributed by atoms with Gasteiger partial charge in [-0.15, -0.1) is 0 Å². The predicted octanol–water partition coefficient (Wildman–Crippen LogP) is 1.59. The van der Waals surface area contributed by atoms with Crippen molar-refractivity contribution in [3.8, 4) is 5.75 Å². The Balaban J connectivity index is 2.06. The highest BCUT2D eigenvalue weighted by Crippen LogP contribution is 2.25. The molecule has 1 amide bonds. The van der Waals surface area contributed by atoms with Gasteiger partial charge in [0.2, 0.25) is 5.91 Å². The van der Waals surface area contributed by atoms with Crippen LogP contribution in [0.15, 0.2) is 28.9 Å². The summed E-state index contributed by atoms with van der Waals surface area (Å²) in [4.78, 5) is 23.2. The van der Waals surface area contributed by atoms with Crippen LogP contribution in [0.5, 0.6) is 5.75 Å². The number of methoxy groups -OCH3 is 2. The second-order valence-electron chi connectivity index (χ2n) is 5.04. The first kappa shape index (κ1) is 16.8.